The van der Waals surface area contributed by atoms with Gasteiger partial charge in [0, 0.05) is 5.70 Å². The molecule has 0 aliphatic rings. The van der Waals surface area contributed by atoms with E-state index < -0.39 is 5.56 Å². The molecule has 108 valence electrons. The third-order valence-electron chi connectivity index (χ3n) is 2.59. The molecule has 19 heavy (non-hydrogen) atoms. The van der Waals surface area contributed by atoms with Crippen LogP contribution in [0.25, 0.3) is 0 Å². The normalized spacial score (nSPS) is 11.8. The molecule has 1 aromatic heterocycles. The molecule has 0 spiro atoms. The van der Waals surface area contributed by atoms with E-state index in [1.54, 1.807) is 7.11 Å². The Morgan fingerprint density at radius 1 is 1.58 bits per heavy atom. The molecule has 0 aliphatic heterocycles. The van der Waals surface area contributed by atoms with E-state index in [0.717, 1.165) is 42.9 Å². The minimum atomic E-state index is -0.462. The van der Waals surface area contributed by atoms with Crippen LogP contribution >= 0.6 is 23.1 Å². The summed E-state index contributed by atoms with van der Waals surface area (Å²) < 4.78 is 1.51. The van der Waals surface area contributed by atoms with Gasteiger partial charge >= 0.3 is 5.56 Å². The Morgan fingerprint density at radius 3 is 2.84 bits per heavy atom. The lowest BCUT2D eigenvalue weighted by molar-refractivity contribution is 0.114. The van der Waals surface area contributed by atoms with Crippen LogP contribution in [0.1, 0.15) is 32.6 Å². The van der Waals surface area contributed by atoms with Crippen molar-refractivity contribution in [3.8, 4) is 5.75 Å². The number of aromatic hydroxyl groups is 1. The summed E-state index contributed by atoms with van der Waals surface area (Å²) >= 11 is 6.74. The molecule has 7 heteroatoms. The van der Waals surface area contributed by atoms with Crippen LogP contribution in [0.5, 0.6) is 5.75 Å². The molecular formula is C12H19ClN2O3S. The number of hydrogen-bond donors (Lipinski definition) is 2. The maximum absolute atomic E-state index is 11.6. The van der Waals surface area contributed by atoms with E-state index in [0.29, 0.717) is 6.54 Å². The highest BCUT2D eigenvalue weighted by molar-refractivity contribution is 7.11. The second kappa shape index (κ2) is 8.24. The van der Waals surface area contributed by atoms with Crippen molar-refractivity contribution < 1.29 is 9.94 Å². The fourth-order valence-corrected chi connectivity index (χ4v) is 2.60. The number of nitrogens with zero attached hydrogens (tertiary/aromatic N) is 1. The molecule has 0 fully saturated rings. The molecule has 1 rings (SSSR count). The van der Waals surface area contributed by atoms with Crippen LogP contribution in [0.15, 0.2) is 16.6 Å². The number of rotatable bonds is 8. The van der Waals surface area contributed by atoms with Gasteiger partial charge in [-0.25, -0.2) is 0 Å². The van der Waals surface area contributed by atoms with Crippen molar-refractivity contribution in [1.82, 2.24) is 9.44 Å². The SMILES string of the molecule is CCCCCC(=CCn1sc(Cl)c(O)c1=O)NOC. The van der Waals surface area contributed by atoms with Crippen LogP contribution in [0.3, 0.4) is 0 Å². The highest BCUT2D eigenvalue weighted by Gasteiger charge is 2.11. The van der Waals surface area contributed by atoms with Crippen LogP contribution in [0.4, 0.5) is 0 Å². The highest BCUT2D eigenvalue weighted by Crippen LogP contribution is 2.24. The van der Waals surface area contributed by atoms with Crippen molar-refractivity contribution in [3.05, 3.63) is 26.5 Å². The minimum absolute atomic E-state index is 0.116. The Morgan fingerprint density at radius 2 is 2.32 bits per heavy atom. The van der Waals surface area contributed by atoms with Gasteiger partial charge in [0.1, 0.15) is 0 Å². The predicted octanol–water partition coefficient (Wildman–Crippen LogP) is 2.88. The summed E-state index contributed by atoms with van der Waals surface area (Å²) in [4.78, 5) is 16.5. The molecule has 1 heterocycles. The third-order valence-corrected chi connectivity index (χ3v) is 3.87. The summed E-state index contributed by atoms with van der Waals surface area (Å²) in [7, 11) is 1.55. The summed E-state index contributed by atoms with van der Waals surface area (Å²) in [6, 6.07) is 0. The molecular weight excluding hydrogens is 288 g/mol. The molecule has 5 nitrogen and oxygen atoms in total. The zero-order chi connectivity index (χ0) is 14.3. The first kappa shape index (κ1) is 16.1. The van der Waals surface area contributed by atoms with Crippen molar-refractivity contribution >= 4 is 23.1 Å². The van der Waals surface area contributed by atoms with Gasteiger partial charge < -0.3 is 5.11 Å². The second-order valence-corrected chi connectivity index (χ2v) is 5.71. The predicted molar refractivity (Wildman–Crippen MR) is 77.6 cm³/mol. The van der Waals surface area contributed by atoms with Gasteiger partial charge in [0.2, 0.25) is 5.75 Å². The maximum atomic E-state index is 11.6. The van der Waals surface area contributed by atoms with Gasteiger partial charge in [0.15, 0.2) is 4.34 Å². The number of hydrogen-bond acceptors (Lipinski definition) is 5. The van der Waals surface area contributed by atoms with E-state index in [-0.39, 0.29) is 10.1 Å². The van der Waals surface area contributed by atoms with E-state index in [9.17, 15) is 9.90 Å². The maximum Gasteiger partial charge on any atom is 0.304 e. The van der Waals surface area contributed by atoms with Gasteiger partial charge in [-0.1, -0.05) is 31.4 Å². The van der Waals surface area contributed by atoms with Crippen LogP contribution < -0.4 is 11.0 Å². The summed E-state index contributed by atoms with van der Waals surface area (Å²) in [5.41, 5.74) is 3.27. The molecule has 0 atom stereocenters. The second-order valence-electron chi connectivity index (χ2n) is 4.07. The van der Waals surface area contributed by atoms with Crippen molar-refractivity contribution in [2.45, 2.75) is 39.2 Å². The standard InChI is InChI=1S/C12H19ClN2O3S/c1-3-4-5-6-9(14-18-2)7-8-15-12(17)10(16)11(13)19-15/h7,14,16H,3-6,8H2,1-2H3. The Labute approximate surface area is 121 Å². The molecule has 1 aromatic rings. The number of halogens is 1. The molecule has 0 amide bonds. The zero-order valence-corrected chi connectivity index (χ0v) is 12.7. The summed E-state index contributed by atoms with van der Waals surface area (Å²) in [5.74, 6) is -0.382. The lowest BCUT2D eigenvalue weighted by Crippen LogP contribution is -2.15. The summed E-state index contributed by atoms with van der Waals surface area (Å²) in [6.45, 7) is 2.50. The molecule has 0 unspecified atom stereocenters. The van der Waals surface area contributed by atoms with Crippen molar-refractivity contribution in [2.24, 2.45) is 0 Å². The Hall–Kier alpha value is -0.980. The van der Waals surface area contributed by atoms with Gasteiger partial charge in [-0.3, -0.25) is 19.1 Å². The van der Waals surface area contributed by atoms with Gasteiger partial charge in [-0.2, -0.15) is 0 Å². The van der Waals surface area contributed by atoms with Crippen LogP contribution in [-0.4, -0.2) is 16.2 Å². The number of allylic oxidation sites excluding steroid dienone is 2. The number of aromatic nitrogens is 1. The van der Waals surface area contributed by atoms with E-state index >= 15 is 0 Å². The lowest BCUT2D eigenvalue weighted by Gasteiger charge is -2.08. The van der Waals surface area contributed by atoms with Gasteiger partial charge in [-0.05, 0) is 30.5 Å². The first-order valence-corrected chi connectivity index (χ1v) is 7.31. The first-order valence-electron chi connectivity index (χ1n) is 6.16. The van der Waals surface area contributed by atoms with E-state index in [4.69, 9.17) is 16.4 Å². The molecule has 0 aliphatic carbocycles. The zero-order valence-electron chi connectivity index (χ0n) is 11.1. The Kier molecular flexibility index (Phi) is 6.97. The minimum Gasteiger partial charge on any atom is -0.501 e. The average molecular weight is 307 g/mol. The molecule has 0 bridgehead atoms. The number of hydroxylamine groups is 1. The smallest absolute Gasteiger partial charge is 0.304 e. The number of nitrogens with one attached hydrogen (secondary N) is 1. The number of unbranched alkanes of at least 4 members (excludes halogenated alkanes) is 2. The summed E-state index contributed by atoms with van der Waals surface area (Å²) in [6.07, 6.45) is 6.08. The van der Waals surface area contributed by atoms with E-state index in [1.165, 1.54) is 3.96 Å². The molecule has 0 aromatic carbocycles. The quantitative estimate of drug-likeness (QED) is 0.572. The fraction of sp³-hybridized carbons (Fsp3) is 0.583. The van der Waals surface area contributed by atoms with Crippen LogP contribution in [0.2, 0.25) is 4.34 Å². The largest absolute Gasteiger partial charge is 0.501 e. The highest BCUT2D eigenvalue weighted by atomic mass is 35.5. The average Bonchev–Trinajstić information content (AvgIpc) is 2.64. The van der Waals surface area contributed by atoms with E-state index in [2.05, 4.69) is 12.4 Å². The van der Waals surface area contributed by atoms with Crippen molar-refractivity contribution in [1.29, 1.82) is 0 Å². The fourth-order valence-electron chi connectivity index (χ4n) is 1.59. The molecule has 0 saturated heterocycles. The lowest BCUT2D eigenvalue weighted by atomic mass is 10.1. The Balaban J connectivity index is 2.68. The Bertz CT molecular complexity index is 482. The molecule has 0 radical (unpaired) electrons. The van der Waals surface area contributed by atoms with Crippen molar-refractivity contribution in [2.75, 3.05) is 7.11 Å². The van der Waals surface area contributed by atoms with Crippen LogP contribution in [0, 0.1) is 0 Å². The van der Waals surface area contributed by atoms with E-state index in [1.807, 2.05) is 6.08 Å². The van der Waals surface area contributed by atoms with Crippen molar-refractivity contribution in [3.63, 3.8) is 0 Å². The topological polar surface area (TPSA) is 63.5 Å². The molecule has 0 saturated carbocycles. The first-order chi connectivity index (χ1) is 9.10. The van der Waals surface area contributed by atoms with Gasteiger partial charge in [-0.15, -0.1) is 0 Å². The summed E-state index contributed by atoms with van der Waals surface area (Å²) in [5, 5.41) is 9.35. The molecule has 2 N–H and O–H groups in total. The third kappa shape index (κ3) is 4.89. The van der Waals surface area contributed by atoms with Gasteiger partial charge in [0.25, 0.3) is 0 Å². The monoisotopic (exact) mass is 306 g/mol. The van der Waals surface area contributed by atoms with Crippen LogP contribution in [-0.2, 0) is 11.4 Å². The van der Waals surface area contributed by atoms with Gasteiger partial charge in [0.05, 0.1) is 13.7 Å².